The molecule has 0 aliphatic carbocycles. The van der Waals surface area contributed by atoms with E-state index >= 15 is 0 Å². The van der Waals surface area contributed by atoms with E-state index in [-0.39, 0.29) is 12.1 Å². The number of anilines is 1. The van der Waals surface area contributed by atoms with Gasteiger partial charge in [0, 0.05) is 21.4 Å². The molecule has 1 amide bonds. The number of halogens is 1. The maximum absolute atomic E-state index is 12.9. The molecule has 1 aliphatic heterocycles. The number of carbonyl (C=O) groups excluding carboxylic acids is 1. The molecule has 0 radical (unpaired) electrons. The van der Waals surface area contributed by atoms with Crippen molar-refractivity contribution in [2.24, 2.45) is 0 Å². The van der Waals surface area contributed by atoms with Crippen LogP contribution >= 0.6 is 15.9 Å². The Labute approximate surface area is 197 Å². The molecule has 1 unspecified atom stereocenters. The average Bonchev–Trinajstić information content (AvgIpc) is 3.15. The Morgan fingerprint density at radius 3 is 2.38 bits per heavy atom. The third kappa shape index (κ3) is 4.36. The van der Waals surface area contributed by atoms with Crippen LogP contribution < -0.4 is 20.7 Å². The van der Waals surface area contributed by atoms with Gasteiger partial charge in [-0.15, -0.1) is 0 Å². The van der Waals surface area contributed by atoms with Crippen molar-refractivity contribution in [3.8, 4) is 16.9 Å². The molecule has 3 aromatic rings. The summed E-state index contributed by atoms with van der Waals surface area (Å²) >= 11 is 3.43. The predicted molar refractivity (Wildman–Crippen MR) is 132 cm³/mol. The largest absolute Gasteiger partial charge is 0.496 e. The van der Waals surface area contributed by atoms with Gasteiger partial charge < -0.3 is 20.7 Å². The van der Waals surface area contributed by atoms with Gasteiger partial charge in [-0.05, 0) is 73.4 Å². The van der Waals surface area contributed by atoms with Gasteiger partial charge in [-0.2, -0.15) is 0 Å². The zero-order chi connectivity index (χ0) is 22.8. The number of benzene rings is 3. The minimum Gasteiger partial charge on any atom is -0.496 e. The van der Waals surface area contributed by atoms with Crippen LogP contribution in [0.4, 0.5) is 5.69 Å². The highest BCUT2D eigenvalue weighted by atomic mass is 79.9. The van der Waals surface area contributed by atoms with Gasteiger partial charge in [0.25, 0.3) is 5.91 Å². The molecular weight excluding hydrogens is 466 g/mol. The standard InChI is InChI=1S/C26H26BrN3O2/c1-15-7-5-8-16(2)23(15)21-13-18(11-12-22(21)32-4)25-28-17(3)24(30-25)26(31)29-20-10-6-9-19(27)14-20/h5-14,25,28,30H,1-4H3,(H,29,31). The fraction of sp³-hybridized carbons (Fsp3) is 0.192. The maximum atomic E-state index is 12.9. The number of amides is 1. The number of hydrogen-bond donors (Lipinski definition) is 3. The fourth-order valence-corrected chi connectivity index (χ4v) is 4.48. The van der Waals surface area contributed by atoms with Crippen molar-refractivity contribution in [2.75, 3.05) is 12.4 Å². The van der Waals surface area contributed by atoms with Crippen molar-refractivity contribution in [3.63, 3.8) is 0 Å². The van der Waals surface area contributed by atoms with Crippen LogP contribution in [0.1, 0.15) is 29.8 Å². The smallest absolute Gasteiger partial charge is 0.273 e. The average molecular weight is 492 g/mol. The van der Waals surface area contributed by atoms with E-state index in [9.17, 15) is 4.79 Å². The van der Waals surface area contributed by atoms with Gasteiger partial charge in [0.15, 0.2) is 0 Å². The Bertz CT molecular complexity index is 1200. The lowest BCUT2D eigenvalue weighted by Crippen LogP contribution is -2.27. The van der Waals surface area contributed by atoms with Gasteiger partial charge in [0.05, 0.1) is 7.11 Å². The molecule has 1 aliphatic rings. The first kappa shape index (κ1) is 22.0. The zero-order valence-corrected chi connectivity index (χ0v) is 20.1. The third-order valence-corrected chi connectivity index (χ3v) is 6.13. The lowest BCUT2D eigenvalue weighted by Gasteiger charge is -2.19. The second-order valence-electron chi connectivity index (χ2n) is 7.91. The summed E-state index contributed by atoms with van der Waals surface area (Å²) in [6, 6.07) is 19.9. The first-order valence-corrected chi connectivity index (χ1v) is 11.2. The number of hydrogen-bond acceptors (Lipinski definition) is 4. The van der Waals surface area contributed by atoms with Crippen LogP contribution in [0.3, 0.4) is 0 Å². The molecule has 1 atom stereocenters. The van der Waals surface area contributed by atoms with Crippen molar-refractivity contribution in [2.45, 2.75) is 26.9 Å². The molecule has 0 aromatic heterocycles. The molecule has 5 nitrogen and oxygen atoms in total. The lowest BCUT2D eigenvalue weighted by atomic mass is 9.93. The third-order valence-electron chi connectivity index (χ3n) is 5.64. The van der Waals surface area contributed by atoms with Crippen molar-refractivity contribution >= 4 is 27.5 Å². The molecule has 0 fully saturated rings. The van der Waals surface area contributed by atoms with Crippen LogP contribution in [0.5, 0.6) is 5.75 Å². The van der Waals surface area contributed by atoms with Crippen LogP contribution in [0.15, 0.2) is 76.5 Å². The first-order valence-electron chi connectivity index (χ1n) is 10.4. The molecule has 6 heteroatoms. The summed E-state index contributed by atoms with van der Waals surface area (Å²) in [4.78, 5) is 12.9. The van der Waals surface area contributed by atoms with Crippen LogP contribution in [0, 0.1) is 13.8 Å². The van der Waals surface area contributed by atoms with Crippen molar-refractivity contribution in [1.29, 1.82) is 0 Å². The molecule has 32 heavy (non-hydrogen) atoms. The molecular formula is C26H26BrN3O2. The van der Waals surface area contributed by atoms with Crippen LogP contribution in [0.2, 0.25) is 0 Å². The number of ether oxygens (including phenoxy) is 1. The molecule has 164 valence electrons. The molecule has 3 aromatic carbocycles. The van der Waals surface area contributed by atoms with Crippen molar-refractivity contribution in [3.05, 3.63) is 93.2 Å². The van der Waals surface area contributed by atoms with E-state index in [4.69, 9.17) is 4.74 Å². The van der Waals surface area contributed by atoms with Crippen LogP contribution in [0.25, 0.3) is 11.1 Å². The number of aryl methyl sites for hydroxylation is 2. The van der Waals surface area contributed by atoms with Crippen molar-refractivity contribution in [1.82, 2.24) is 10.6 Å². The number of carbonyl (C=O) groups is 1. The van der Waals surface area contributed by atoms with E-state index < -0.39 is 0 Å². The highest BCUT2D eigenvalue weighted by molar-refractivity contribution is 9.10. The quantitative estimate of drug-likeness (QED) is 0.421. The van der Waals surface area contributed by atoms with Gasteiger partial charge in [-0.1, -0.05) is 46.3 Å². The molecule has 1 heterocycles. The molecule has 0 spiro atoms. The molecule has 0 bridgehead atoms. The summed E-state index contributed by atoms with van der Waals surface area (Å²) in [6.45, 7) is 6.12. The van der Waals surface area contributed by atoms with Crippen molar-refractivity contribution < 1.29 is 9.53 Å². The summed E-state index contributed by atoms with van der Waals surface area (Å²) < 4.78 is 6.58. The topological polar surface area (TPSA) is 62.4 Å². The van der Waals surface area contributed by atoms with E-state index in [0.29, 0.717) is 5.70 Å². The predicted octanol–water partition coefficient (Wildman–Crippen LogP) is 5.80. The summed E-state index contributed by atoms with van der Waals surface area (Å²) in [7, 11) is 1.69. The fourth-order valence-electron chi connectivity index (χ4n) is 4.08. The molecule has 0 saturated carbocycles. The Morgan fingerprint density at radius 2 is 1.69 bits per heavy atom. The van der Waals surface area contributed by atoms with E-state index in [2.05, 4.69) is 70.0 Å². The summed E-state index contributed by atoms with van der Waals surface area (Å²) in [5.41, 5.74) is 7.67. The Balaban J connectivity index is 1.60. The highest BCUT2D eigenvalue weighted by Gasteiger charge is 2.27. The second kappa shape index (κ2) is 9.09. The second-order valence-corrected chi connectivity index (χ2v) is 8.83. The Morgan fingerprint density at radius 1 is 0.969 bits per heavy atom. The lowest BCUT2D eigenvalue weighted by molar-refractivity contribution is -0.113. The number of allylic oxidation sites excluding steroid dienone is 1. The molecule has 0 saturated heterocycles. The minimum atomic E-state index is -0.216. The van der Waals surface area contributed by atoms with Gasteiger partial charge >= 0.3 is 0 Å². The molecule has 3 N–H and O–H groups in total. The summed E-state index contributed by atoms with van der Waals surface area (Å²) in [6.07, 6.45) is -0.216. The van der Waals surface area contributed by atoms with Crippen LogP contribution in [-0.2, 0) is 4.79 Å². The Hall–Kier alpha value is -3.25. The first-order chi connectivity index (χ1) is 15.4. The monoisotopic (exact) mass is 491 g/mol. The summed E-state index contributed by atoms with van der Waals surface area (Å²) in [5.74, 6) is 0.639. The maximum Gasteiger partial charge on any atom is 0.273 e. The van der Waals surface area contributed by atoms with Gasteiger partial charge in [-0.25, -0.2) is 0 Å². The van der Waals surface area contributed by atoms with Gasteiger partial charge in [0.1, 0.15) is 17.6 Å². The SMILES string of the molecule is COc1ccc(C2NC(C)=C(C(=O)Nc3cccc(Br)c3)N2)cc1-c1c(C)cccc1C. The van der Waals surface area contributed by atoms with E-state index in [1.165, 1.54) is 16.7 Å². The highest BCUT2D eigenvalue weighted by Crippen LogP contribution is 2.37. The van der Waals surface area contributed by atoms with Gasteiger partial charge in [0.2, 0.25) is 0 Å². The summed E-state index contributed by atoms with van der Waals surface area (Å²) in [5, 5.41) is 9.69. The van der Waals surface area contributed by atoms with E-state index in [1.54, 1.807) is 7.11 Å². The molecule has 4 rings (SSSR count). The Kier molecular flexibility index (Phi) is 6.24. The van der Waals surface area contributed by atoms with Crippen LogP contribution in [-0.4, -0.2) is 13.0 Å². The van der Waals surface area contributed by atoms with Gasteiger partial charge in [-0.3, -0.25) is 4.79 Å². The normalized spacial score (nSPS) is 15.2. The number of nitrogens with one attached hydrogen (secondary N) is 3. The van der Waals surface area contributed by atoms with E-state index in [1.807, 2.05) is 43.3 Å². The number of rotatable bonds is 5. The number of methoxy groups -OCH3 is 1. The minimum absolute atomic E-state index is 0.181. The zero-order valence-electron chi connectivity index (χ0n) is 18.5. The van der Waals surface area contributed by atoms with E-state index in [0.717, 1.165) is 32.7 Å².